The summed E-state index contributed by atoms with van der Waals surface area (Å²) in [4.78, 5) is 42.6. The number of halogens is 1. The smallest absolute Gasteiger partial charge is 0.320 e. The third-order valence-electron chi connectivity index (χ3n) is 6.26. The fourth-order valence-corrected chi connectivity index (χ4v) is 7.29. The Morgan fingerprint density at radius 3 is 2.61 bits per heavy atom. The van der Waals surface area contributed by atoms with Gasteiger partial charge in [-0.15, -0.1) is 11.3 Å². The first kappa shape index (κ1) is 26.8. The van der Waals surface area contributed by atoms with E-state index in [1.165, 1.54) is 4.90 Å². The van der Waals surface area contributed by atoms with Crippen LogP contribution in [0.2, 0.25) is 5.02 Å². The highest BCUT2D eigenvalue weighted by atomic mass is 35.5. The van der Waals surface area contributed by atoms with Gasteiger partial charge in [-0.1, -0.05) is 17.7 Å². The van der Waals surface area contributed by atoms with Crippen molar-refractivity contribution < 1.29 is 27.5 Å². The highest BCUT2D eigenvalue weighted by molar-refractivity contribution is 7.91. The van der Waals surface area contributed by atoms with Crippen LogP contribution in [0.5, 0.6) is 0 Å². The lowest BCUT2D eigenvalue weighted by Gasteiger charge is -2.37. The van der Waals surface area contributed by atoms with E-state index in [9.17, 15) is 22.8 Å². The van der Waals surface area contributed by atoms with Gasteiger partial charge in [0.25, 0.3) is 10.0 Å². The fourth-order valence-electron chi connectivity index (χ4n) is 4.37. The minimum Gasteiger partial charge on any atom is -0.465 e. The van der Waals surface area contributed by atoms with Crippen LogP contribution in [0.3, 0.4) is 0 Å². The van der Waals surface area contributed by atoms with Gasteiger partial charge in [0, 0.05) is 42.4 Å². The van der Waals surface area contributed by atoms with Crippen LogP contribution in [0.4, 0.5) is 0 Å². The van der Waals surface area contributed by atoms with E-state index in [2.05, 4.69) is 4.72 Å². The Kier molecular flexibility index (Phi) is 8.51. The Labute approximate surface area is 219 Å². The molecule has 1 aromatic carbocycles. The number of ether oxygens (including phenoxy) is 1. The monoisotopic (exact) mass is 556 g/mol. The van der Waals surface area contributed by atoms with Gasteiger partial charge in [0.15, 0.2) is 0 Å². The number of carbonyl (C=O) groups is 3. The van der Waals surface area contributed by atoms with Crippen molar-refractivity contribution in [3.63, 3.8) is 0 Å². The van der Waals surface area contributed by atoms with E-state index in [4.69, 9.17) is 16.3 Å². The molecule has 2 aliphatic rings. The molecule has 0 bridgehead atoms. The Morgan fingerprint density at radius 2 is 1.89 bits per heavy atom. The number of piperazine rings is 1. The molecular weight excluding hydrogens is 528 g/mol. The molecule has 0 radical (unpaired) electrons. The second kappa shape index (κ2) is 11.4. The number of hydrogen-bond acceptors (Lipinski definition) is 8. The zero-order valence-electron chi connectivity index (χ0n) is 19.9. The summed E-state index contributed by atoms with van der Waals surface area (Å²) in [5.74, 6) is -0.878. The molecule has 1 unspecified atom stereocenters. The van der Waals surface area contributed by atoms with Gasteiger partial charge in [0.05, 0.1) is 19.7 Å². The minimum absolute atomic E-state index is 0.101. The van der Waals surface area contributed by atoms with Crippen molar-refractivity contribution in [3.05, 3.63) is 29.3 Å². The molecule has 1 N–H and O–H groups in total. The van der Waals surface area contributed by atoms with Crippen molar-refractivity contribution in [3.8, 4) is 0 Å². The molecule has 13 heteroatoms. The molecule has 3 heterocycles. The Morgan fingerprint density at radius 1 is 1.14 bits per heavy atom. The van der Waals surface area contributed by atoms with Crippen LogP contribution < -0.4 is 4.72 Å². The number of sulfonamides is 1. The normalized spacial score (nSPS) is 19.6. The zero-order valence-corrected chi connectivity index (χ0v) is 22.3. The van der Waals surface area contributed by atoms with Gasteiger partial charge in [-0.25, -0.2) is 8.42 Å². The molecule has 0 saturated carbocycles. The highest BCUT2D eigenvalue weighted by Crippen LogP contribution is 2.31. The molecule has 2 fully saturated rings. The number of benzene rings is 1. The summed E-state index contributed by atoms with van der Waals surface area (Å²) in [5, 5.41) is 1.28. The molecule has 2 aliphatic heterocycles. The molecule has 0 aliphatic carbocycles. The van der Waals surface area contributed by atoms with E-state index in [0.717, 1.165) is 21.4 Å². The summed E-state index contributed by atoms with van der Waals surface area (Å²) in [7, 11) is -3.92. The summed E-state index contributed by atoms with van der Waals surface area (Å²) in [6.07, 6.45) is 0.952. The van der Waals surface area contributed by atoms with E-state index in [-0.39, 0.29) is 29.2 Å². The molecule has 2 aromatic rings. The van der Waals surface area contributed by atoms with Crippen molar-refractivity contribution in [1.82, 2.24) is 19.4 Å². The quantitative estimate of drug-likeness (QED) is 0.490. The number of nitrogens with zero attached hydrogens (tertiary/aromatic N) is 3. The minimum atomic E-state index is -3.92. The average molecular weight is 557 g/mol. The highest BCUT2D eigenvalue weighted by Gasteiger charge is 2.35. The second-order valence-corrected chi connectivity index (χ2v) is 12.2. The molecule has 1 aromatic heterocycles. The van der Waals surface area contributed by atoms with Gasteiger partial charge < -0.3 is 14.5 Å². The molecule has 10 nitrogen and oxygen atoms in total. The Bertz CT molecular complexity index is 1240. The maximum Gasteiger partial charge on any atom is 0.320 e. The summed E-state index contributed by atoms with van der Waals surface area (Å²) in [6.45, 7) is 4.56. The number of piperidine rings is 1. The van der Waals surface area contributed by atoms with E-state index >= 15 is 0 Å². The number of rotatable bonds is 8. The lowest BCUT2D eigenvalue weighted by molar-refractivity contribution is -0.146. The number of esters is 1. The third-order valence-corrected chi connectivity index (χ3v) is 9.54. The number of hydrogen-bond donors (Lipinski definition) is 1. The number of nitrogens with one attached hydrogen (secondary N) is 1. The molecule has 0 spiro atoms. The lowest BCUT2D eigenvalue weighted by Crippen LogP contribution is -2.56. The van der Waals surface area contributed by atoms with Gasteiger partial charge in [-0.2, -0.15) is 4.72 Å². The number of thiophene rings is 1. The maximum absolute atomic E-state index is 13.1. The zero-order chi connectivity index (χ0) is 25.9. The number of fused-ring (bicyclic) bond motifs is 1. The predicted octanol–water partition coefficient (Wildman–Crippen LogP) is 1.53. The van der Waals surface area contributed by atoms with Crippen LogP contribution in [0.25, 0.3) is 10.1 Å². The lowest BCUT2D eigenvalue weighted by atomic mass is 10.1. The number of likely N-dealkylation sites (tertiary alicyclic amines) is 1. The standard InChI is InChI=1S/C23H29ClN4O6S2/c1-2-34-21(30)15-26-8-10-27(11-9-26)20(29)14-28-7-3-4-18(23(28)31)25-36(32,33)22-12-16-5-6-17(24)13-19(16)35-22/h5-6,12-13,18,25H,2-4,7-11,14-15H2,1H3. The summed E-state index contributed by atoms with van der Waals surface area (Å²) in [6, 6.07) is 5.79. The molecule has 196 valence electrons. The Balaban J connectivity index is 1.33. The molecule has 1 atom stereocenters. The SMILES string of the molecule is CCOC(=O)CN1CCN(C(=O)CN2CCCC(NS(=O)(=O)c3cc4ccc(Cl)cc4s3)C2=O)CC1. The molecule has 2 saturated heterocycles. The second-order valence-electron chi connectivity index (χ2n) is 8.79. The largest absolute Gasteiger partial charge is 0.465 e. The first-order chi connectivity index (χ1) is 17.2. The van der Waals surface area contributed by atoms with Crippen molar-refractivity contribution >= 4 is 60.8 Å². The molecule has 36 heavy (non-hydrogen) atoms. The van der Waals surface area contributed by atoms with Crippen LogP contribution in [0.15, 0.2) is 28.5 Å². The first-order valence-corrected chi connectivity index (χ1v) is 14.5. The predicted molar refractivity (Wildman–Crippen MR) is 136 cm³/mol. The van der Waals surface area contributed by atoms with Gasteiger partial charge in [0.2, 0.25) is 11.8 Å². The summed E-state index contributed by atoms with van der Waals surface area (Å²) < 4.78 is 34.4. The van der Waals surface area contributed by atoms with Crippen molar-refractivity contribution in [2.24, 2.45) is 0 Å². The van der Waals surface area contributed by atoms with Crippen molar-refractivity contribution in [2.45, 2.75) is 30.0 Å². The van der Waals surface area contributed by atoms with Crippen molar-refractivity contribution in [2.75, 3.05) is 52.4 Å². The van der Waals surface area contributed by atoms with E-state index in [0.29, 0.717) is 57.2 Å². The number of carbonyl (C=O) groups excluding carboxylic acids is 3. The summed E-state index contributed by atoms with van der Waals surface area (Å²) >= 11 is 7.10. The third kappa shape index (κ3) is 6.35. The Hall–Kier alpha value is -2.25. The van der Waals surface area contributed by atoms with E-state index in [1.54, 1.807) is 36.1 Å². The van der Waals surface area contributed by atoms with Gasteiger partial charge in [-0.3, -0.25) is 19.3 Å². The van der Waals surface area contributed by atoms with Crippen LogP contribution in [-0.4, -0.2) is 99.4 Å². The molecule has 2 amide bonds. The van der Waals surface area contributed by atoms with Crippen LogP contribution in [0.1, 0.15) is 19.8 Å². The fraction of sp³-hybridized carbons (Fsp3) is 0.522. The molecular formula is C23H29ClN4O6S2. The van der Waals surface area contributed by atoms with Crippen LogP contribution in [-0.2, 0) is 29.1 Å². The maximum atomic E-state index is 13.1. The summed E-state index contributed by atoms with van der Waals surface area (Å²) in [5.41, 5.74) is 0. The molecule has 4 rings (SSSR count). The average Bonchev–Trinajstić information content (AvgIpc) is 3.26. The van der Waals surface area contributed by atoms with Crippen LogP contribution in [0, 0.1) is 0 Å². The van der Waals surface area contributed by atoms with E-state index in [1.807, 2.05) is 4.90 Å². The van der Waals surface area contributed by atoms with E-state index < -0.39 is 22.0 Å². The van der Waals surface area contributed by atoms with Crippen molar-refractivity contribution in [1.29, 1.82) is 0 Å². The van der Waals surface area contributed by atoms with Gasteiger partial charge >= 0.3 is 5.97 Å². The topological polar surface area (TPSA) is 116 Å². The van der Waals surface area contributed by atoms with Gasteiger partial charge in [0.1, 0.15) is 10.3 Å². The number of amides is 2. The first-order valence-electron chi connectivity index (χ1n) is 11.8. The van der Waals surface area contributed by atoms with Crippen LogP contribution >= 0.6 is 22.9 Å². The van der Waals surface area contributed by atoms with Gasteiger partial charge in [-0.05, 0) is 43.4 Å².